The number of hydrogen-bond acceptors (Lipinski definition) is 6. The van der Waals surface area contributed by atoms with E-state index >= 15 is 4.39 Å². The van der Waals surface area contributed by atoms with Crippen LogP contribution < -0.4 is 21.0 Å². The van der Waals surface area contributed by atoms with E-state index in [0.717, 1.165) is 0 Å². The van der Waals surface area contributed by atoms with Gasteiger partial charge in [-0.25, -0.2) is 14.3 Å². The third-order valence-corrected chi connectivity index (χ3v) is 5.10. The molecule has 1 aliphatic rings. The van der Waals surface area contributed by atoms with Crippen LogP contribution in [-0.2, 0) is 9.63 Å². The average Bonchev–Trinajstić information content (AvgIpc) is 3.06. The molecule has 30 heavy (non-hydrogen) atoms. The molecule has 1 amide bonds. The predicted molar refractivity (Wildman–Crippen MR) is 114 cm³/mol. The molecule has 3 rings (SSSR count). The monoisotopic (exact) mass is 482 g/mol. The lowest BCUT2D eigenvalue weighted by atomic mass is 10.1. The van der Waals surface area contributed by atoms with Gasteiger partial charge in [0.2, 0.25) is 0 Å². The molecule has 0 atom stereocenters. The van der Waals surface area contributed by atoms with Crippen molar-refractivity contribution in [3.63, 3.8) is 0 Å². The van der Waals surface area contributed by atoms with Crippen LogP contribution in [0.2, 0.25) is 0 Å². The average molecular weight is 483 g/mol. The number of benzene rings is 2. The van der Waals surface area contributed by atoms with E-state index in [1.165, 1.54) is 18.2 Å². The molecule has 1 heterocycles. The van der Waals surface area contributed by atoms with Gasteiger partial charge in [0.25, 0.3) is 5.91 Å². The summed E-state index contributed by atoms with van der Waals surface area (Å²) in [7, 11) is 1.74. The zero-order valence-corrected chi connectivity index (χ0v) is 18.2. The molecule has 0 aromatic heterocycles. The topological polar surface area (TPSA) is 82.7 Å². The van der Waals surface area contributed by atoms with Gasteiger partial charge in [0.1, 0.15) is 12.4 Å². The van der Waals surface area contributed by atoms with Crippen LogP contribution in [0.25, 0.3) is 0 Å². The lowest BCUT2D eigenvalue weighted by Gasteiger charge is -2.18. The van der Waals surface area contributed by atoms with Gasteiger partial charge >= 0.3 is 0 Å². The minimum Gasteiger partial charge on any atom is -0.364 e. The Morgan fingerprint density at radius 1 is 1.30 bits per heavy atom. The molecule has 160 valence electrons. The highest BCUT2D eigenvalue weighted by Crippen LogP contribution is 2.40. The number of fused-ring (bicyclic) bond motifs is 1. The number of hydroxylamine groups is 1. The molecule has 0 fully saturated rings. The normalized spacial score (nSPS) is 12.6. The number of rotatable bonds is 7. The molecule has 0 aliphatic carbocycles. The maximum atomic E-state index is 15.3. The fourth-order valence-corrected chi connectivity index (χ4v) is 3.14. The molecule has 2 aromatic rings. The van der Waals surface area contributed by atoms with Crippen molar-refractivity contribution in [1.29, 1.82) is 0 Å². The maximum absolute atomic E-state index is 15.3. The van der Waals surface area contributed by atoms with E-state index in [1.54, 1.807) is 31.9 Å². The van der Waals surface area contributed by atoms with Gasteiger partial charge in [-0.15, -0.1) is 0 Å². The molecule has 3 N–H and O–H groups in total. The Bertz CT molecular complexity index is 1000. The second-order valence-corrected chi connectivity index (χ2v) is 8.05. The van der Waals surface area contributed by atoms with E-state index in [9.17, 15) is 14.0 Å². The second kappa shape index (κ2) is 8.97. The first-order valence-corrected chi connectivity index (χ1v) is 9.96. The van der Waals surface area contributed by atoms with Crippen molar-refractivity contribution in [1.82, 2.24) is 5.48 Å². The van der Waals surface area contributed by atoms with Crippen LogP contribution in [0.3, 0.4) is 0 Å². The fraction of sp³-hybridized carbons (Fsp3) is 0.300. The number of Topliss-reactive ketones (excluding diaryl/α,β-unsaturated/α-hetero) is 1. The van der Waals surface area contributed by atoms with Gasteiger partial charge in [-0.05, 0) is 24.3 Å². The first-order chi connectivity index (χ1) is 14.2. The van der Waals surface area contributed by atoms with Crippen LogP contribution in [0.15, 0.2) is 28.7 Å². The molecular weight excluding hydrogens is 462 g/mol. The van der Waals surface area contributed by atoms with E-state index in [-0.39, 0.29) is 40.9 Å². The van der Waals surface area contributed by atoms with Gasteiger partial charge < -0.3 is 15.5 Å². The van der Waals surface area contributed by atoms with Crippen LogP contribution in [0.5, 0.6) is 0 Å². The lowest BCUT2D eigenvalue weighted by molar-refractivity contribution is -0.128. The first-order valence-electron chi connectivity index (χ1n) is 9.17. The van der Waals surface area contributed by atoms with Crippen molar-refractivity contribution in [2.24, 2.45) is 5.92 Å². The van der Waals surface area contributed by atoms with Crippen molar-refractivity contribution >= 4 is 50.4 Å². The van der Waals surface area contributed by atoms with E-state index in [4.69, 9.17) is 4.84 Å². The maximum Gasteiger partial charge on any atom is 0.277 e. The molecule has 0 unspecified atom stereocenters. The third kappa shape index (κ3) is 4.54. The van der Waals surface area contributed by atoms with Gasteiger partial charge in [0.15, 0.2) is 11.6 Å². The van der Waals surface area contributed by atoms with Crippen molar-refractivity contribution in [2.45, 2.75) is 13.8 Å². The van der Waals surface area contributed by atoms with Gasteiger partial charge in [-0.3, -0.25) is 14.4 Å². The van der Waals surface area contributed by atoms with Gasteiger partial charge in [0.05, 0.1) is 35.0 Å². The quantitative estimate of drug-likeness (QED) is 0.513. The summed E-state index contributed by atoms with van der Waals surface area (Å²) in [5.74, 6) is -2.58. The molecular formula is C20H21BrF2N4O3. The summed E-state index contributed by atoms with van der Waals surface area (Å²) in [6.45, 7) is 3.45. The molecule has 0 saturated heterocycles. The number of halogens is 3. The summed E-state index contributed by atoms with van der Waals surface area (Å²) in [5.41, 5.74) is 2.51. The number of hydrogen-bond donors (Lipinski definition) is 3. The van der Waals surface area contributed by atoms with Crippen LogP contribution >= 0.6 is 15.9 Å². The number of ketones is 1. The SMILES string of the molecule is CC(C)C(=O)CONC(=O)c1cc2c(c(F)c1Nc1ccc(Br)cc1F)NCN2C. The Balaban J connectivity index is 1.94. The highest BCUT2D eigenvalue weighted by Gasteiger charge is 2.28. The van der Waals surface area contributed by atoms with Crippen molar-refractivity contribution in [3.05, 3.63) is 45.9 Å². The number of nitrogens with zero attached hydrogens (tertiary/aromatic N) is 1. The van der Waals surface area contributed by atoms with E-state index in [1.807, 2.05) is 0 Å². The number of carbonyl (C=O) groups is 2. The Kier molecular flexibility index (Phi) is 6.57. The lowest BCUT2D eigenvalue weighted by Crippen LogP contribution is -2.29. The summed E-state index contributed by atoms with van der Waals surface area (Å²) in [5, 5.41) is 5.57. The smallest absolute Gasteiger partial charge is 0.277 e. The largest absolute Gasteiger partial charge is 0.364 e. The number of anilines is 4. The molecule has 2 aromatic carbocycles. The second-order valence-electron chi connectivity index (χ2n) is 7.13. The van der Waals surface area contributed by atoms with E-state index in [0.29, 0.717) is 16.8 Å². The Morgan fingerprint density at radius 2 is 2.03 bits per heavy atom. The molecule has 0 bridgehead atoms. The summed E-state index contributed by atoms with van der Waals surface area (Å²) < 4.78 is 30.1. The highest BCUT2D eigenvalue weighted by molar-refractivity contribution is 9.10. The van der Waals surface area contributed by atoms with Crippen LogP contribution in [0.4, 0.5) is 31.5 Å². The van der Waals surface area contributed by atoms with Crippen molar-refractivity contribution < 1.29 is 23.2 Å². The van der Waals surface area contributed by atoms with E-state index < -0.39 is 17.5 Å². The number of carbonyl (C=O) groups excluding carboxylic acids is 2. The summed E-state index contributed by atoms with van der Waals surface area (Å²) in [4.78, 5) is 31.1. The standard InChI is InChI=1S/C20H21BrF2N4O3/c1-10(2)16(28)8-30-26-20(29)12-7-15-19(24-9-27(15)3)17(23)18(12)25-14-5-4-11(21)6-13(14)22/h4-7,10,24-25H,8-9H2,1-3H3,(H,26,29). The Hall–Kier alpha value is -2.72. The van der Waals surface area contributed by atoms with Crippen molar-refractivity contribution in [3.8, 4) is 0 Å². The van der Waals surface area contributed by atoms with Gasteiger partial charge in [0, 0.05) is 17.4 Å². The summed E-state index contributed by atoms with van der Waals surface area (Å²) in [6, 6.07) is 5.70. The molecule has 0 spiro atoms. The van der Waals surface area contributed by atoms with Crippen molar-refractivity contribution in [2.75, 3.05) is 35.9 Å². The number of nitrogens with one attached hydrogen (secondary N) is 3. The minimum atomic E-state index is -0.770. The van der Waals surface area contributed by atoms with Gasteiger partial charge in [-0.1, -0.05) is 29.8 Å². The first kappa shape index (κ1) is 22.0. The molecule has 1 aliphatic heterocycles. The van der Waals surface area contributed by atoms with Gasteiger partial charge in [-0.2, -0.15) is 0 Å². The third-order valence-electron chi connectivity index (χ3n) is 4.61. The van der Waals surface area contributed by atoms with Crippen LogP contribution in [0.1, 0.15) is 24.2 Å². The Labute approximate surface area is 180 Å². The zero-order chi connectivity index (χ0) is 22.0. The van der Waals surface area contributed by atoms with Crippen LogP contribution in [0, 0.1) is 17.6 Å². The fourth-order valence-electron chi connectivity index (χ4n) is 2.81. The molecule has 10 heteroatoms. The molecule has 7 nitrogen and oxygen atoms in total. The highest BCUT2D eigenvalue weighted by atomic mass is 79.9. The molecule has 0 radical (unpaired) electrons. The van der Waals surface area contributed by atoms with E-state index in [2.05, 4.69) is 32.0 Å². The Morgan fingerprint density at radius 3 is 2.70 bits per heavy atom. The minimum absolute atomic E-state index is 0.00615. The summed E-state index contributed by atoms with van der Waals surface area (Å²) >= 11 is 3.17. The predicted octanol–water partition coefficient (Wildman–Crippen LogP) is 4.18. The number of amides is 1. The van der Waals surface area contributed by atoms with Crippen LogP contribution in [-0.4, -0.2) is 32.0 Å². The molecule has 0 saturated carbocycles. The summed E-state index contributed by atoms with van der Waals surface area (Å²) in [6.07, 6.45) is 0. The zero-order valence-electron chi connectivity index (χ0n) is 16.6.